The highest BCUT2D eigenvalue weighted by Gasteiger charge is 2.51. The van der Waals surface area contributed by atoms with Crippen molar-refractivity contribution in [3.05, 3.63) is 30.3 Å². The molecule has 0 spiro atoms. The van der Waals surface area contributed by atoms with Crippen LogP contribution in [-0.2, 0) is 14.6 Å². The summed E-state index contributed by atoms with van der Waals surface area (Å²) < 4.78 is 34.7. The molecule has 3 rings (SSSR count). The molecule has 0 bridgehead atoms. The molecule has 2 fully saturated rings. The maximum atomic E-state index is 12.3. The van der Waals surface area contributed by atoms with E-state index in [1.165, 1.54) is 7.11 Å². The second-order valence-electron chi connectivity index (χ2n) is 7.60. The minimum Gasteiger partial charge on any atom is -0.490 e. The highest BCUT2D eigenvalue weighted by molar-refractivity contribution is 7.91. The third-order valence-electron chi connectivity index (χ3n) is 5.42. The number of methoxy groups -OCH3 is 1. The van der Waals surface area contributed by atoms with Gasteiger partial charge in [-0.05, 0) is 12.1 Å². The number of benzene rings is 1. The first-order valence-corrected chi connectivity index (χ1v) is 10.6. The summed E-state index contributed by atoms with van der Waals surface area (Å²) in [6.07, 6.45) is 0.203. The Morgan fingerprint density at radius 2 is 1.85 bits per heavy atom. The van der Waals surface area contributed by atoms with Crippen LogP contribution in [0.4, 0.5) is 4.79 Å². The fourth-order valence-electron chi connectivity index (χ4n) is 3.54. The molecule has 1 aromatic rings. The fourth-order valence-corrected chi connectivity index (χ4v) is 5.39. The van der Waals surface area contributed by atoms with E-state index in [9.17, 15) is 13.2 Å². The number of sulfone groups is 1. The number of urea groups is 1. The summed E-state index contributed by atoms with van der Waals surface area (Å²) in [5.74, 6) is 0.663. The van der Waals surface area contributed by atoms with E-state index in [0.717, 1.165) is 5.75 Å². The van der Waals surface area contributed by atoms with Gasteiger partial charge in [0.05, 0.1) is 23.7 Å². The molecular formula is C18H26N2O5S. The van der Waals surface area contributed by atoms with Gasteiger partial charge >= 0.3 is 6.03 Å². The Bertz CT molecular complexity index is 750. The zero-order valence-electron chi connectivity index (χ0n) is 15.3. The van der Waals surface area contributed by atoms with Gasteiger partial charge in [0.15, 0.2) is 9.84 Å². The number of para-hydroxylation sites is 1. The lowest BCUT2D eigenvalue weighted by atomic mass is 9.64. The number of hydrogen-bond acceptors (Lipinski definition) is 5. The molecule has 26 heavy (non-hydrogen) atoms. The summed E-state index contributed by atoms with van der Waals surface area (Å²) in [5.41, 5.74) is -0.227. The maximum Gasteiger partial charge on any atom is 0.315 e. The average molecular weight is 382 g/mol. The summed E-state index contributed by atoms with van der Waals surface area (Å²) >= 11 is 0. The molecule has 7 nitrogen and oxygen atoms in total. The number of ether oxygens (including phenoxy) is 2. The van der Waals surface area contributed by atoms with Gasteiger partial charge < -0.3 is 20.1 Å². The fraction of sp³-hybridized carbons (Fsp3) is 0.611. The molecule has 1 saturated carbocycles. The van der Waals surface area contributed by atoms with E-state index in [2.05, 4.69) is 10.6 Å². The predicted octanol–water partition coefficient (Wildman–Crippen LogP) is 1.34. The quantitative estimate of drug-likeness (QED) is 0.802. The SMILES string of the molecule is COC1CS(=O)(=O)CC1NC(=O)N[C@H]1C[C@@H](Oc2ccccc2)C1(C)C. The van der Waals surface area contributed by atoms with Gasteiger partial charge in [0.2, 0.25) is 0 Å². The summed E-state index contributed by atoms with van der Waals surface area (Å²) in [6.45, 7) is 4.10. The van der Waals surface area contributed by atoms with Crippen LogP contribution in [0.25, 0.3) is 0 Å². The first kappa shape index (κ1) is 19.0. The van der Waals surface area contributed by atoms with E-state index in [1.807, 2.05) is 44.2 Å². The van der Waals surface area contributed by atoms with E-state index in [4.69, 9.17) is 9.47 Å². The largest absolute Gasteiger partial charge is 0.490 e. The number of nitrogens with one attached hydrogen (secondary N) is 2. The molecule has 0 aromatic heterocycles. The lowest BCUT2D eigenvalue weighted by Crippen LogP contribution is -2.65. The zero-order chi connectivity index (χ0) is 18.9. The molecule has 144 valence electrons. The highest BCUT2D eigenvalue weighted by atomic mass is 32.2. The Labute approximate surface area is 154 Å². The van der Waals surface area contributed by atoms with Crippen LogP contribution < -0.4 is 15.4 Å². The van der Waals surface area contributed by atoms with Crippen LogP contribution in [-0.4, -0.2) is 57.4 Å². The summed E-state index contributed by atoms with van der Waals surface area (Å²) in [6, 6.07) is 8.66. The van der Waals surface area contributed by atoms with Crippen molar-refractivity contribution in [3.8, 4) is 5.75 Å². The molecule has 2 amide bonds. The number of rotatable bonds is 5. The van der Waals surface area contributed by atoms with Crippen molar-refractivity contribution in [2.24, 2.45) is 5.41 Å². The Balaban J connectivity index is 1.52. The molecule has 1 saturated heterocycles. The van der Waals surface area contributed by atoms with Crippen LogP contribution in [0.15, 0.2) is 30.3 Å². The van der Waals surface area contributed by atoms with E-state index in [0.29, 0.717) is 6.42 Å². The van der Waals surface area contributed by atoms with Gasteiger partial charge in [-0.25, -0.2) is 13.2 Å². The second-order valence-corrected chi connectivity index (χ2v) is 9.76. The molecule has 1 aliphatic carbocycles. The summed E-state index contributed by atoms with van der Waals surface area (Å²) in [7, 11) is -1.72. The molecular weight excluding hydrogens is 356 g/mol. The Hall–Kier alpha value is -1.80. The van der Waals surface area contributed by atoms with Crippen LogP contribution >= 0.6 is 0 Å². The minimum absolute atomic E-state index is 0.00813. The van der Waals surface area contributed by atoms with Gasteiger partial charge in [-0.15, -0.1) is 0 Å². The zero-order valence-corrected chi connectivity index (χ0v) is 16.1. The van der Waals surface area contributed by atoms with Crippen molar-refractivity contribution in [3.63, 3.8) is 0 Å². The predicted molar refractivity (Wildman–Crippen MR) is 98.0 cm³/mol. The Kier molecular flexibility index (Phi) is 5.16. The van der Waals surface area contributed by atoms with E-state index >= 15 is 0 Å². The van der Waals surface area contributed by atoms with E-state index < -0.39 is 22.0 Å². The van der Waals surface area contributed by atoms with Crippen LogP contribution in [0.3, 0.4) is 0 Å². The number of carbonyl (C=O) groups is 1. The third kappa shape index (κ3) is 3.96. The summed E-state index contributed by atoms with van der Waals surface area (Å²) in [5, 5.41) is 5.68. The van der Waals surface area contributed by atoms with Gasteiger partial charge in [0, 0.05) is 25.0 Å². The Morgan fingerprint density at radius 1 is 1.15 bits per heavy atom. The Morgan fingerprint density at radius 3 is 2.46 bits per heavy atom. The lowest BCUT2D eigenvalue weighted by molar-refractivity contribution is -0.0502. The number of amides is 2. The van der Waals surface area contributed by atoms with Gasteiger partial charge in [-0.3, -0.25) is 0 Å². The topological polar surface area (TPSA) is 93.7 Å². The summed E-state index contributed by atoms with van der Waals surface area (Å²) in [4.78, 5) is 12.3. The van der Waals surface area contributed by atoms with Crippen molar-refractivity contribution in [2.75, 3.05) is 18.6 Å². The van der Waals surface area contributed by atoms with Gasteiger partial charge in [-0.1, -0.05) is 32.0 Å². The van der Waals surface area contributed by atoms with Crippen LogP contribution in [0.5, 0.6) is 5.75 Å². The first-order valence-electron chi connectivity index (χ1n) is 8.73. The smallest absolute Gasteiger partial charge is 0.315 e. The highest BCUT2D eigenvalue weighted by Crippen LogP contribution is 2.43. The van der Waals surface area contributed by atoms with Gasteiger partial charge in [-0.2, -0.15) is 0 Å². The molecule has 2 unspecified atom stereocenters. The monoisotopic (exact) mass is 382 g/mol. The molecule has 0 radical (unpaired) electrons. The van der Waals surface area contributed by atoms with Crippen molar-refractivity contribution in [1.29, 1.82) is 0 Å². The molecule has 2 N–H and O–H groups in total. The second kappa shape index (κ2) is 7.08. The third-order valence-corrected chi connectivity index (χ3v) is 7.13. The van der Waals surface area contributed by atoms with Crippen molar-refractivity contribution >= 4 is 15.9 Å². The standard InChI is InChI=1S/C18H26N2O5S/c1-18(2)15(9-16(18)25-12-7-5-4-6-8-12)20-17(21)19-13-10-26(22,23)11-14(13)24-3/h4-8,13-16H,9-11H2,1-3H3,(H2,19,20,21)/t13?,14?,15-,16+/m0/s1. The van der Waals surface area contributed by atoms with E-state index in [1.54, 1.807) is 0 Å². The molecule has 8 heteroatoms. The normalized spacial score (nSPS) is 31.7. The first-order chi connectivity index (χ1) is 12.2. The van der Waals surface area contributed by atoms with Crippen LogP contribution in [0.1, 0.15) is 20.3 Å². The maximum absolute atomic E-state index is 12.3. The average Bonchev–Trinajstić information content (AvgIpc) is 2.88. The molecule has 2 aliphatic rings. The molecule has 1 aromatic carbocycles. The van der Waals surface area contributed by atoms with E-state index in [-0.39, 0.29) is 35.1 Å². The van der Waals surface area contributed by atoms with Crippen molar-refractivity contribution in [2.45, 2.75) is 44.6 Å². The number of hydrogen-bond donors (Lipinski definition) is 2. The molecule has 4 atom stereocenters. The minimum atomic E-state index is -3.18. The van der Waals surface area contributed by atoms with Crippen LogP contribution in [0, 0.1) is 5.41 Å². The van der Waals surface area contributed by atoms with Gasteiger partial charge in [0.25, 0.3) is 0 Å². The lowest BCUT2D eigenvalue weighted by Gasteiger charge is -2.51. The number of carbonyl (C=O) groups excluding carboxylic acids is 1. The van der Waals surface area contributed by atoms with Crippen molar-refractivity contribution in [1.82, 2.24) is 10.6 Å². The van der Waals surface area contributed by atoms with Crippen molar-refractivity contribution < 1.29 is 22.7 Å². The van der Waals surface area contributed by atoms with Gasteiger partial charge in [0.1, 0.15) is 11.9 Å². The molecule has 1 heterocycles. The van der Waals surface area contributed by atoms with Crippen LogP contribution in [0.2, 0.25) is 0 Å². The molecule has 1 aliphatic heterocycles.